The van der Waals surface area contributed by atoms with Crippen LogP contribution in [0.2, 0.25) is 0 Å². The van der Waals surface area contributed by atoms with E-state index in [1.807, 2.05) is 37.3 Å². The zero-order valence-corrected chi connectivity index (χ0v) is 20.6. The summed E-state index contributed by atoms with van der Waals surface area (Å²) in [6.07, 6.45) is 4.80. The summed E-state index contributed by atoms with van der Waals surface area (Å²) in [6, 6.07) is 12.3. The molecule has 0 aromatic heterocycles. The standard InChI is InChI=1S/C27H31FN2O3S/c1-19-24(16-20-4-7-22(8-5-20)34(2)32)23-9-6-21(28)17-26(23)25(19)18-27(31)29-10-3-11-30-12-14-33-15-13-30/h4-9,16-17H,3,10-15,18H2,1-2H3,(H,29,31)/b24-16-. The van der Waals surface area contributed by atoms with Crippen LogP contribution in [0.3, 0.4) is 0 Å². The van der Waals surface area contributed by atoms with Gasteiger partial charge in [-0.25, -0.2) is 4.39 Å². The van der Waals surface area contributed by atoms with Gasteiger partial charge in [0.15, 0.2) is 0 Å². The molecule has 1 aliphatic heterocycles. The van der Waals surface area contributed by atoms with Gasteiger partial charge in [-0.3, -0.25) is 13.9 Å². The molecule has 0 saturated carbocycles. The van der Waals surface area contributed by atoms with Crippen molar-refractivity contribution < 1.29 is 18.1 Å². The molecular formula is C27H31FN2O3S. The van der Waals surface area contributed by atoms with E-state index in [0.29, 0.717) is 6.54 Å². The molecule has 0 radical (unpaired) electrons. The second kappa shape index (κ2) is 11.2. The first-order valence-electron chi connectivity index (χ1n) is 11.6. The van der Waals surface area contributed by atoms with Crippen LogP contribution in [0.1, 0.15) is 36.5 Å². The number of allylic oxidation sites excluding steroid dienone is 2. The van der Waals surface area contributed by atoms with Crippen molar-refractivity contribution in [3.63, 3.8) is 0 Å². The quantitative estimate of drug-likeness (QED) is 0.575. The molecule has 180 valence electrons. The normalized spacial score (nSPS) is 18.3. The van der Waals surface area contributed by atoms with Crippen molar-refractivity contribution in [1.29, 1.82) is 0 Å². The molecule has 2 aromatic carbocycles. The fraction of sp³-hybridized carbons (Fsp3) is 0.370. The minimum absolute atomic E-state index is 0.0532. The molecule has 4 rings (SSSR count). The number of hydrogen-bond acceptors (Lipinski definition) is 4. The summed E-state index contributed by atoms with van der Waals surface area (Å²) >= 11 is 0. The summed E-state index contributed by atoms with van der Waals surface area (Å²) < 4.78 is 31.2. The topological polar surface area (TPSA) is 58.6 Å². The number of fused-ring (bicyclic) bond motifs is 1. The number of rotatable bonds is 8. The Balaban J connectivity index is 1.47. The van der Waals surface area contributed by atoms with Crippen molar-refractivity contribution in [2.75, 3.05) is 45.6 Å². The highest BCUT2D eigenvalue weighted by molar-refractivity contribution is 7.84. The summed E-state index contributed by atoms with van der Waals surface area (Å²) in [5, 5.41) is 3.02. The zero-order chi connectivity index (χ0) is 24.1. The Bertz CT molecular complexity index is 1140. The van der Waals surface area contributed by atoms with E-state index in [9.17, 15) is 13.4 Å². The molecule has 2 aromatic rings. The Kier molecular flexibility index (Phi) is 8.08. The lowest BCUT2D eigenvalue weighted by Crippen LogP contribution is -2.38. The first-order chi connectivity index (χ1) is 16.4. The molecule has 1 heterocycles. The van der Waals surface area contributed by atoms with Gasteiger partial charge in [0.2, 0.25) is 5.91 Å². The Labute approximate surface area is 203 Å². The summed E-state index contributed by atoms with van der Waals surface area (Å²) in [7, 11) is -1.03. The largest absolute Gasteiger partial charge is 0.379 e. The van der Waals surface area contributed by atoms with Crippen molar-refractivity contribution in [2.45, 2.75) is 24.7 Å². The fourth-order valence-corrected chi connectivity index (χ4v) is 5.00. The van der Waals surface area contributed by atoms with Crippen molar-refractivity contribution >= 4 is 33.9 Å². The second-order valence-electron chi connectivity index (χ2n) is 8.71. The van der Waals surface area contributed by atoms with Crippen LogP contribution in [0.5, 0.6) is 0 Å². The van der Waals surface area contributed by atoms with Gasteiger partial charge in [-0.05, 0) is 83.6 Å². The molecule has 1 atom stereocenters. The van der Waals surface area contributed by atoms with Crippen LogP contribution in [0.15, 0.2) is 52.9 Å². The van der Waals surface area contributed by atoms with Gasteiger partial charge in [0.25, 0.3) is 0 Å². The molecule has 1 N–H and O–H groups in total. The predicted octanol–water partition coefficient (Wildman–Crippen LogP) is 4.12. The third kappa shape index (κ3) is 5.90. The van der Waals surface area contributed by atoms with Gasteiger partial charge >= 0.3 is 0 Å². The molecule has 5 nitrogen and oxygen atoms in total. The van der Waals surface area contributed by atoms with Gasteiger partial charge in [-0.2, -0.15) is 0 Å². The molecule has 0 bridgehead atoms. The number of morpholine rings is 1. The van der Waals surface area contributed by atoms with Crippen molar-refractivity contribution in [3.05, 3.63) is 70.5 Å². The molecular weight excluding hydrogens is 451 g/mol. The lowest BCUT2D eigenvalue weighted by molar-refractivity contribution is -0.120. The maximum absolute atomic E-state index is 14.1. The number of hydrogen-bond donors (Lipinski definition) is 1. The van der Waals surface area contributed by atoms with E-state index in [1.165, 1.54) is 12.1 Å². The number of carbonyl (C=O) groups is 1. The van der Waals surface area contributed by atoms with E-state index >= 15 is 0 Å². The molecule has 7 heteroatoms. The average molecular weight is 483 g/mol. The maximum atomic E-state index is 14.1. The Morgan fingerprint density at radius 2 is 1.88 bits per heavy atom. The zero-order valence-electron chi connectivity index (χ0n) is 19.7. The van der Waals surface area contributed by atoms with Gasteiger partial charge in [-0.1, -0.05) is 18.2 Å². The lowest BCUT2D eigenvalue weighted by Gasteiger charge is -2.26. The van der Waals surface area contributed by atoms with Gasteiger partial charge in [0, 0.05) is 41.6 Å². The predicted molar refractivity (Wildman–Crippen MR) is 135 cm³/mol. The van der Waals surface area contributed by atoms with Crippen LogP contribution in [-0.4, -0.2) is 60.7 Å². The monoisotopic (exact) mass is 482 g/mol. The van der Waals surface area contributed by atoms with Crippen molar-refractivity contribution in [3.8, 4) is 0 Å². The third-order valence-electron chi connectivity index (χ3n) is 6.39. The second-order valence-corrected chi connectivity index (χ2v) is 10.1. The van der Waals surface area contributed by atoms with E-state index < -0.39 is 10.8 Å². The molecule has 1 fully saturated rings. The van der Waals surface area contributed by atoms with Gasteiger partial charge in [0.1, 0.15) is 5.82 Å². The average Bonchev–Trinajstić information content (AvgIpc) is 3.08. The molecule has 1 amide bonds. The van der Waals surface area contributed by atoms with Crippen LogP contribution in [0.25, 0.3) is 17.2 Å². The van der Waals surface area contributed by atoms with Gasteiger partial charge < -0.3 is 10.1 Å². The SMILES string of the molecule is CC1=C(CC(=O)NCCCN2CCOCC2)c2cc(F)ccc2/C1=C\c1ccc(S(C)=O)cc1. The Morgan fingerprint density at radius 3 is 2.59 bits per heavy atom. The molecule has 34 heavy (non-hydrogen) atoms. The van der Waals surface area contributed by atoms with Crippen LogP contribution < -0.4 is 5.32 Å². The Morgan fingerprint density at radius 1 is 1.15 bits per heavy atom. The highest BCUT2D eigenvalue weighted by atomic mass is 32.2. The van der Waals surface area contributed by atoms with E-state index in [4.69, 9.17) is 4.74 Å². The third-order valence-corrected chi connectivity index (χ3v) is 7.33. The number of amides is 1. The number of nitrogens with one attached hydrogen (secondary N) is 1. The molecule has 1 saturated heterocycles. The molecule has 0 spiro atoms. The molecule has 1 unspecified atom stereocenters. The number of nitrogens with zero attached hydrogens (tertiary/aromatic N) is 1. The first kappa shape index (κ1) is 24.5. The molecule has 1 aliphatic carbocycles. The maximum Gasteiger partial charge on any atom is 0.224 e. The van der Waals surface area contributed by atoms with E-state index in [0.717, 1.165) is 77.6 Å². The fourth-order valence-electron chi connectivity index (χ4n) is 4.48. The van der Waals surface area contributed by atoms with Gasteiger partial charge in [0.05, 0.1) is 19.6 Å². The minimum atomic E-state index is -1.03. The van der Waals surface area contributed by atoms with Crippen molar-refractivity contribution in [1.82, 2.24) is 10.2 Å². The number of halogens is 1. The number of carbonyl (C=O) groups excluding carboxylic acids is 1. The number of ether oxygens (including phenoxy) is 1. The Hall–Kier alpha value is -2.61. The minimum Gasteiger partial charge on any atom is -0.379 e. The van der Waals surface area contributed by atoms with E-state index in [-0.39, 0.29) is 18.1 Å². The summed E-state index contributed by atoms with van der Waals surface area (Å²) in [4.78, 5) is 15.9. The summed E-state index contributed by atoms with van der Waals surface area (Å²) in [5.41, 5.74) is 5.49. The molecule has 2 aliphatic rings. The summed E-state index contributed by atoms with van der Waals surface area (Å²) in [5.74, 6) is -0.367. The highest BCUT2D eigenvalue weighted by Crippen LogP contribution is 2.43. The van der Waals surface area contributed by atoms with Crippen molar-refractivity contribution in [2.24, 2.45) is 0 Å². The van der Waals surface area contributed by atoms with Crippen LogP contribution >= 0.6 is 0 Å². The van der Waals surface area contributed by atoms with E-state index in [1.54, 1.807) is 12.3 Å². The first-order valence-corrected chi connectivity index (χ1v) is 13.2. The smallest absolute Gasteiger partial charge is 0.224 e. The van der Waals surface area contributed by atoms with E-state index in [2.05, 4.69) is 10.2 Å². The summed E-state index contributed by atoms with van der Waals surface area (Å²) in [6.45, 7) is 6.97. The number of benzene rings is 2. The van der Waals surface area contributed by atoms with Crippen LogP contribution in [-0.2, 0) is 20.3 Å². The highest BCUT2D eigenvalue weighted by Gasteiger charge is 2.25. The van der Waals surface area contributed by atoms with Crippen LogP contribution in [0, 0.1) is 5.82 Å². The lowest BCUT2D eigenvalue weighted by atomic mass is 10.0. The van der Waals surface area contributed by atoms with Gasteiger partial charge in [-0.15, -0.1) is 0 Å². The van der Waals surface area contributed by atoms with Crippen LogP contribution in [0.4, 0.5) is 4.39 Å².